The third kappa shape index (κ3) is 3.73. The fourth-order valence-corrected chi connectivity index (χ4v) is 4.84. The Morgan fingerprint density at radius 2 is 1.65 bits per heavy atom. The number of hydrogen-bond acceptors (Lipinski definition) is 4. The molecule has 0 amide bonds. The number of rotatable bonds is 4. The van der Waals surface area contributed by atoms with E-state index in [0.717, 1.165) is 41.0 Å². The Morgan fingerprint density at radius 3 is 2.35 bits per heavy atom. The van der Waals surface area contributed by atoms with E-state index in [4.69, 9.17) is 39.9 Å². The maximum atomic E-state index is 6.56. The first-order valence-corrected chi connectivity index (χ1v) is 11.3. The first kappa shape index (κ1) is 20.5. The zero-order valence-corrected chi connectivity index (χ0v) is 19.0. The van der Waals surface area contributed by atoms with Crippen molar-refractivity contribution in [3.63, 3.8) is 0 Å². The highest BCUT2D eigenvalue weighted by molar-refractivity contribution is 6.35. The summed E-state index contributed by atoms with van der Waals surface area (Å²) >= 11 is 18.8. The molecule has 31 heavy (non-hydrogen) atoms. The molecule has 1 aliphatic carbocycles. The molecule has 0 atom stereocenters. The summed E-state index contributed by atoms with van der Waals surface area (Å²) in [5.41, 5.74) is 4.28. The molecule has 1 saturated carbocycles. The lowest BCUT2D eigenvalue weighted by Gasteiger charge is -2.11. The van der Waals surface area contributed by atoms with E-state index < -0.39 is 0 Å². The van der Waals surface area contributed by atoms with Crippen LogP contribution in [0.4, 0.5) is 0 Å². The average molecular weight is 474 g/mol. The van der Waals surface area contributed by atoms with Crippen LogP contribution in [0.2, 0.25) is 15.1 Å². The minimum atomic E-state index is 0.299. The summed E-state index contributed by atoms with van der Waals surface area (Å²) < 4.78 is 3.75. The zero-order chi connectivity index (χ0) is 21.5. The van der Waals surface area contributed by atoms with Gasteiger partial charge in [-0.15, -0.1) is 5.10 Å². The van der Waals surface area contributed by atoms with Gasteiger partial charge < -0.3 is 0 Å². The minimum absolute atomic E-state index is 0.299. The van der Waals surface area contributed by atoms with Crippen molar-refractivity contribution in [1.82, 2.24) is 30.0 Å². The van der Waals surface area contributed by atoms with E-state index in [9.17, 15) is 0 Å². The molecule has 158 valence electrons. The van der Waals surface area contributed by atoms with E-state index in [1.165, 1.54) is 12.8 Å². The van der Waals surface area contributed by atoms with Gasteiger partial charge in [-0.1, -0.05) is 59.8 Å². The fraction of sp³-hybridized carbons (Fsp3) is 0.273. The van der Waals surface area contributed by atoms with Gasteiger partial charge in [0.2, 0.25) is 5.82 Å². The van der Waals surface area contributed by atoms with Gasteiger partial charge in [-0.2, -0.15) is 5.10 Å². The largest absolute Gasteiger partial charge is 0.231 e. The second-order valence-electron chi connectivity index (χ2n) is 7.72. The smallest absolute Gasteiger partial charge is 0.203 e. The van der Waals surface area contributed by atoms with Crippen molar-refractivity contribution in [3.8, 4) is 28.5 Å². The molecule has 5 rings (SSSR count). The SMILES string of the molecule is Cc1c(-c2nnnn2C2CCCC2)nn(-c2ccc(Cl)cc2Cl)c1-c1ccc(Cl)cc1. The lowest BCUT2D eigenvalue weighted by molar-refractivity contribution is 0.457. The number of benzene rings is 2. The first-order chi connectivity index (χ1) is 15.0. The molecule has 0 unspecified atom stereocenters. The Labute approximate surface area is 194 Å². The lowest BCUT2D eigenvalue weighted by atomic mass is 10.1. The molecule has 0 N–H and O–H groups in total. The summed E-state index contributed by atoms with van der Waals surface area (Å²) in [6, 6.07) is 13.3. The van der Waals surface area contributed by atoms with E-state index in [1.54, 1.807) is 12.1 Å². The summed E-state index contributed by atoms with van der Waals surface area (Å²) in [4.78, 5) is 0. The van der Waals surface area contributed by atoms with Crippen LogP contribution in [0.3, 0.4) is 0 Å². The van der Waals surface area contributed by atoms with E-state index in [2.05, 4.69) is 15.5 Å². The van der Waals surface area contributed by atoms with Crippen LogP contribution in [0.1, 0.15) is 37.3 Å². The van der Waals surface area contributed by atoms with Crippen molar-refractivity contribution >= 4 is 34.8 Å². The van der Waals surface area contributed by atoms with Gasteiger partial charge in [-0.25, -0.2) is 9.36 Å². The lowest BCUT2D eigenvalue weighted by Crippen LogP contribution is -2.09. The van der Waals surface area contributed by atoms with Crippen molar-refractivity contribution in [2.75, 3.05) is 0 Å². The van der Waals surface area contributed by atoms with Crippen LogP contribution in [0, 0.1) is 6.92 Å². The maximum Gasteiger partial charge on any atom is 0.203 e. The Balaban J connectivity index is 1.73. The summed E-state index contributed by atoms with van der Waals surface area (Å²) in [6.45, 7) is 2.03. The van der Waals surface area contributed by atoms with Gasteiger partial charge in [0.1, 0.15) is 5.69 Å². The topological polar surface area (TPSA) is 61.4 Å². The quantitative estimate of drug-likeness (QED) is 0.336. The molecular formula is C22H19Cl3N6. The molecule has 9 heteroatoms. The van der Waals surface area contributed by atoms with Gasteiger partial charge >= 0.3 is 0 Å². The summed E-state index contributed by atoms with van der Waals surface area (Å²) in [7, 11) is 0. The van der Waals surface area contributed by atoms with Gasteiger partial charge in [-0.3, -0.25) is 0 Å². The van der Waals surface area contributed by atoms with Crippen molar-refractivity contribution in [2.45, 2.75) is 38.6 Å². The zero-order valence-electron chi connectivity index (χ0n) is 16.8. The number of nitrogens with zero attached hydrogens (tertiary/aromatic N) is 6. The molecule has 0 aliphatic heterocycles. The summed E-state index contributed by atoms with van der Waals surface area (Å²) in [6.07, 6.45) is 4.53. The molecule has 1 fully saturated rings. The molecule has 0 saturated heterocycles. The maximum absolute atomic E-state index is 6.56. The highest BCUT2D eigenvalue weighted by Crippen LogP contribution is 2.37. The molecule has 6 nitrogen and oxygen atoms in total. The van der Waals surface area contributed by atoms with Crippen LogP contribution in [-0.4, -0.2) is 30.0 Å². The number of hydrogen-bond donors (Lipinski definition) is 0. The molecule has 2 aromatic carbocycles. The fourth-order valence-electron chi connectivity index (χ4n) is 4.23. The van der Waals surface area contributed by atoms with E-state index in [0.29, 0.717) is 26.9 Å². The van der Waals surface area contributed by atoms with Crippen molar-refractivity contribution in [1.29, 1.82) is 0 Å². The molecule has 2 aromatic heterocycles. The van der Waals surface area contributed by atoms with Gasteiger partial charge in [0, 0.05) is 21.2 Å². The highest BCUT2D eigenvalue weighted by atomic mass is 35.5. The summed E-state index contributed by atoms with van der Waals surface area (Å²) in [5, 5.41) is 19.3. The van der Waals surface area contributed by atoms with Crippen LogP contribution in [0.25, 0.3) is 28.5 Å². The van der Waals surface area contributed by atoms with Crippen molar-refractivity contribution in [2.24, 2.45) is 0 Å². The number of tetrazole rings is 1. The average Bonchev–Trinajstić information content (AvgIpc) is 3.48. The molecule has 0 bridgehead atoms. The molecule has 0 spiro atoms. The summed E-state index contributed by atoms with van der Waals surface area (Å²) in [5.74, 6) is 0.670. The van der Waals surface area contributed by atoms with Crippen molar-refractivity contribution in [3.05, 3.63) is 63.1 Å². The second-order valence-corrected chi connectivity index (χ2v) is 9.00. The van der Waals surface area contributed by atoms with Crippen LogP contribution in [0.5, 0.6) is 0 Å². The minimum Gasteiger partial charge on any atom is -0.231 e. The van der Waals surface area contributed by atoms with Crippen LogP contribution < -0.4 is 0 Å². The molecular weight excluding hydrogens is 455 g/mol. The highest BCUT2D eigenvalue weighted by Gasteiger charge is 2.27. The Hall–Kier alpha value is -2.41. The molecule has 2 heterocycles. The van der Waals surface area contributed by atoms with Crippen molar-refractivity contribution < 1.29 is 0 Å². The van der Waals surface area contributed by atoms with Gasteiger partial charge in [0.15, 0.2) is 0 Å². The Morgan fingerprint density at radius 1 is 0.935 bits per heavy atom. The Kier molecular flexibility index (Phi) is 5.46. The molecule has 0 radical (unpaired) electrons. The monoisotopic (exact) mass is 472 g/mol. The predicted molar refractivity (Wildman–Crippen MR) is 123 cm³/mol. The normalized spacial score (nSPS) is 14.5. The van der Waals surface area contributed by atoms with Gasteiger partial charge in [-0.05, 0) is 60.5 Å². The number of aromatic nitrogens is 6. The van der Waals surface area contributed by atoms with Gasteiger partial charge in [0.05, 0.1) is 22.4 Å². The predicted octanol–water partition coefficient (Wildman–Crippen LogP) is 6.58. The second kappa shape index (κ2) is 8.26. The molecule has 4 aromatic rings. The molecule has 1 aliphatic rings. The van der Waals surface area contributed by atoms with Crippen LogP contribution >= 0.6 is 34.8 Å². The van der Waals surface area contributed by atoms with Gasteiger partial charge in [0.25, 0.3) is 0 Å². The van der Waals surface area contributed by atoms with Crippen LogP contribution in [-0.2, 0) is 0 Å². The first-order valence-electron chi connectivity index (χ1n) is 10.1. The van der Waals surface area contributed by atoms with E-state index in [-0.39, 0.29) is 0 Å². The third-order valence-electron chi connectivity index (χ3n) is 5.75. The van der Waals surface area contributed by atoms with Crippen LogP contribution in [0.15, 0.2) is 42.5 Å². The standard InChI is InChI=1S/C22H19Cl3N6/c1-13-20(22-26-28-29-30(22)17-4-2-3-5-17)27-31(19-11-10-16(24)12-18(19)25)21(13)14-6-8-15(23)9-7-14/h6-12,17H,2-5H2,1H3. The third-order valence-corrected chi connectivity index (χ3v) is 6.54. The number of halogens is 3. The van der Waals surface area contributed by atoms with E-state index in [1.807, 2.05) is 46.6 Å². The Bertz CT molecular complexity index is 1240. The van der Waals surface area contributed by atoms with E-state index >= 15 is 0 Å².